The van der Waals surface area contributed by atoms with E-state index in [1.165, 1.54) is 0 Å². The molecule has 0 radical (unpaired) electrons. The summed E-state index contributed by atoms with van der Waals surface area (Å²) in [5.74, 6) is -0.812. The van der Waals surface area contributed by atoms with E-state index < -0.39 is 27.8 Å². The van der Waals surface area contributed by atoms with Gasteiger partial charge in [-0.2, -0.15) is 0 Å². The van der Waals surface area contributed by atoms with Gasteiger partial charge in [0.05, 0.1) is 6.61 Å². The lowest BCUT2D eigenvalue weighted by Crippen LogP contribution is -2.83. The van der Waals surface area contributed by atoms with Gasteiger partial charge >= 0.3 is 5.97 Å². The third kappa shape index (κ3) is 1.15. The van der Waals surface area contributed by atoms with Crippen LogP contribution in [0.15, 0.2) is 0 Å². The van der Waals surface area contributed by atoms with Gasteiger partial charge in [-0.1, -0.05) is 27.7 Å². The van der Waals surface area contributed by atoms with Gasteiger partial charge < -0.3 is 14.7 Å². The lowest BCUT2D eigenvalue weighted by Gasteiger charge is -2.70. The van der Waals surface area contributed by atoms with Gasteiger partial charge in [0.1, 0.15) is 5.41 Å². The number of nitrogens with zero attached hydrogens (tertiary/aromatic N) is 1. The normalized spacial score (nSPS) is 37.4. The third-order valence-electron chi connectivity index (χ3n) is 6.18. The van der Waals surface area contributed by atoms with Crippen LogP contribution in [0, 0.1) is 16.2 Å². The van der Waals surface area contributed by atoms with E-state index in [4.69, 9.17) is 4.74 Å². The first-order valence-corrected chi connectivity index (χ1v) is 7.25. The van der Waals surface area contributed by atoms with E-state index in [1.807, 2.05) is 34.6 Å². The molecular weight excluding hydrogens is 258 g/mol. The summed E-state index contributed by atoms with van der Waals surface area (Å²) in [5.41, 5.74) is -4.06. The maximum atomic E-state index is 12.6. The number of carbonyl (C=O) groups is 2. The molecule has 1 heterocycles. The van der Waals surface area contributed by atoms with Crippen molar-refractivity contribution in [3.63, 3.8) is 0 Å². The van der Waals surface area contributed by atoms with Crippen molar-refractivity contribution in [2.24, 2.45) is 16.2 Å². The summed E-state index contributed by atoms with van der Waals surface area (Å²) in [4.78, 5) is 26.8. The molecule has 1 saturated carbocycles. The van der Waals surface area contributed by atoms with Crippen molar-refractivity contribution >= 4 is 11.9 Å². The van der Waals surface area contributed by atoms with E-state index in [-0.39, 0.29) is 19.1 Å². The molecule has 2 aliphatic rings. The lowest BCUT2D eigenvalue weighted by atomic mass is 9.31. The van der Waals surface area contributed by atoms with E-state index in [9.17, 15) is 14.7 Å². The molecule has 2 atom stereocenters. The first kappa shape index (κ1) is 15.3. The molecule has 1 aliphatic carbocycles. The van der Waals surface area contributed by atoms with Crippen molar-refractivity contribution in [2.75, 3.05) is 19.7 Å². The van der Waals surface area contributed by atoms with Crippen LogP contribution in [-0.4, -0.2) is 47.2 Å². The maximum Gasteiger partial charge on any atom is 0.317 e. The van der Waals surface area contributed by atoms with Crippen LogP contribution in [0.4, 0.5) is 0 Å². The number of likely N-dealkylation sites (N-methyl/N-ethyl adjacent to an activating group) is 1. The predicted octanol–water partition coefficient (Wildman–Crippen LogP) is 1.20. The number of fused-ring (bicyclic) bond motifs is 1. The molecule has 2 unspecified atom stereocenters. The Morgan fingerprint density at radius 1 is 1.25 bits per heavy atom. The van der Waals surface area contributed by atoms with Crippen molar-refractivity contribution in [3.05, 3.63) is 0 Å². The summed E-state index contributed by atoms with van der Waals surface area (Å²) >= 11 is 0. The Balaban J connectivity index is 2.62. The van der Waals surface area contributed by atoms with Gasteiger partial charge in [-0.3, -0.25) is 9.59 Å². The van der Waals surface area contributed by atoms with E-state index in [1.54, 1.807) is 11.8 Å². The first-order valence-electron chi connectivity index (χ1n) is 7.25. The molecule has 0 aromatic rings. The Kier molecular flexibility index (Phi) is 3.03. The molecule has 1 amide bonds. The minimum Gasteiger partial charge on any atom is -0.465 e. The highest BCUT2D eigenvalue weighted by Crippen LogP contribution is 2.76. The van der Waals surface area contributed by atoms with Gasteiger partial charge in [0.15, 0.2) is 5.60 Å². The van der Waals surface area contributed by atoms with Crippen LogP contribution in [0.1, 0.15) is 41.5 Å². The number of esters is 1. The minimum atomic E-state index is -1.67. The van der Waals surface area contributed by atoms with Crippen molar-refractivity contribution < 1.29 is 19.4 Å². The number of likely N-dealkylation sites (tertiary alicyclic amines) is 1. The van der Waals surface area contributed by atoms with Crippen LogP contribution >= 0.6 is 0 Å². The molecule has 1 aliphatic heterocycles. The van der Waals surface area contributed by atoms with Crippen molar-refractivity contribution in [1.82, 2.24) is 4.90 Å². The van der Waals surface area contributed by atoms with E-state index >= 15 is 0 Å². The van der Waals surface area contributed by atoms with Crippen molar-refractivity contribution in [3.8, 4) is 0 Å². The number of hydrogen-bond donors (Lipinski definition) is 1. The molecule has 5 nitrogen and oxygen atoms in total. The molecule has 0 bridgehead atoms. The van der Waals surface area contributed by atoms with E-state index in [0.29, 0.717) is 6.54 Å². The number of hydrogen-bond acceptors (Lipinski definition) is 4. The van der Waals surface area contributed by atoms with Crippen molar-refractivity contribution in [1.29, 1.82) is 0 Å². The number of carbonyl (C=O) groups excluding carboxylic acids is 2. The molecule has 1 saturated heterocycles. The Morgan fingerprint density at radius 3 is 2.25 bits per heavy atom. The maximum absolute atomic E-state index is 12.6. The van der Waals surface area contributed by atoms with Gasteiger partial charge in [-0.25, -0.2) is 0 Å². The molecule has 0 aromatic carbocycles. The number of rotatable bonds is 3. The van der Waals surface area contributed by atoms with E-state index in [0.717, 1.165) is 0 Å². The third-order valence-corrected chi connectivity index (χ3v) is 6.18. The number of amides is 1. The molecular formula is C15H25NO4. The zero-order valence-corrected chi connectivity index (χ0v) is 13.2. The molecule has 0 aromatic heterocycles. The zero-order valence-electron chi connectivity index (χ0n) is 13.2. The quantitative estimate of drug-likeness (QED) is 0.790. The molecule has 0 spiro atoms. The number of aliphatic hydroxyl groups is 1. The second-order valence-corrected chi connectivity index (χ2v) is 6.91. The second-order valence-electron chi connectivity index (χ2n) is 6.91. The molecule has 20 heavy (non-hydrogen) atoms. The molecule has 1 N–H and O–H groups in total. The minimum absolute atomic E-state index is 0.230. The van der Waals surface area contributed by atoms with Gasteiger partial charge in [-0.15, -0.1) is 0 Å². The zero-order chi connectivity index (χ0) is 15.6. The molecule has 2 rings (SSSR count). The SMILES string of the molecule is CCOC(=O)C12CN(CC)C(=O)C1(O)C(C)(C)C2(C)C. The van der Waals surface area contributed by atoms with Crippen LogP contribution in [-0.2, 0) is 14.3 Å². The van der Waals surface area contributed by atoms with Gasteiger partial charge in [0.25, 0.3) is 5.91 Å². The highest BCUT2D eigenvalue weighted by atomic mass is 16.5. The highest BCUT2D eigenvalue weighted by Gasteiger charge is 2.90. The van der Waals surface area contributed by atoms with E-state index in [2.05, 4.69) is 0 Å². The van der Waals surface area contributed by atoms with Gasteiger partial charge in [0, 0.05) is 18.5 Å². The first-order chi connectivity index (χ1) is 9.06. The predicted molar refractivity (Wildman–Crippen MR) is 73.8 cm³/mol. The summed E-state index contributed by atoms with van der Waals surface area (Å²) in [5, 5.41) is 11.1. The summed E-state index contributed by atoms with van der Waals surface area (Å²) in [6, 6.07) is 0. The highest BCUT2D eigenvalue weighted by molar-refractivity contribution is 6.01. The summed E-state index contributed by atoms with van der Waals surface area (Å²) in [7, 11) is 0. The Hall–Kier alpha value is -1.10. The van der Waals surface area contributed by atoms with Crippen LogP contribution < -0.4 is 0 Å². The topological polar surface area (TPSA) is 66.8 Å². The largest absolute Gasteiger partial charge is 0.465 e. The summed E-state index contributed by atoms with van der Waals surface area (Å²) < 4.78 is 5.21. The fourth-order valence-corrected chi connectivity index (χ4v) is 4.23. The molecule has 114 valence electrons. The fourth-order valence-electron chi connectivity index (χ4n) is 4.23. The summed E-state index contributed by atoms with van der Waals surface area (Å²) in [6.45, 7) is 12.1. The molecule has 5 heteroatoms. The Labute approximate surface area is 120 Å². The fraction of sp³-hybridized carbons (Fsp3) is 0.867. The van der Waals surface area contributed by atoms with Crippen LogP contribution in [0.2, 0.25) is 0 Å². The average Bonchev–Trinajstić information content (AvgIpc) is 2.60. The second kappa shape index (κ2) is 3.97. The monoisotopic (exact) mass is 283 g/mol. The van der Waals surface area contributed by atoms with Crippen LogP contribution in [0.25, 0.3) is 0 Å². The number of ether oxygens (including phenoxy) is 1. The average molecular weight is 283 g/mol. The lowest BCUT2D eigenvalue weighted by molar-refractivity contribution is -0.309. The standard InChI is InChI=1S/C15H25NO4/c1-7-16-9-14(11(18)20-8-2)12(3,4)13(5,6)15(14,19)10(16)17/h19H,7-9H2,1-6H3. The Morgan fingerprint density at radius 2 is 1.80 bits per heavy atom. The van der Waals surface area contributed by atoms with Gasteiger partial charge in [-0.05, 0) is 19.3 Å². The Bertz CT molecular complexity index is 470. The molecule has 2 fully saturated rings. The van der Waals surface area contributed by atoms with Gasteiger partial charge in [0.2, 0.25) is 0 Å². The van der Waals surface area contributed by atoms with Crippen LogP contribution in [0.5, 0.6) is 0 Å². The van der Waals surface area contributed by atoms with Crippen LogP contribution in [0.3, 0.4) is 0 Å². The summed E-state index contributed by atoms with van der Waals surface area (Å²) in [6.07, 6.45) is 0. The smallest absolute Gasteiger partial charge is 0.317 e. The van der Waals surface area contributed by atoms with Crippen molar-refractivity contribution in [2.45, 2.75) is 47.1 Å².